The van der Waals surface area contributed by atoms with E-state index in [1.54, 1.807) is 18.2 Å². The molecule has 1 saturated heterocycles. The highest BCUT2D eigenvalue weighted by molar-refractivity contribution is 6.62. The molecule has 0 saturated carbocycles. The Morgan fingerprint density at radius 2 is 1.57 bits per heavy atom. The Labute approximate surface area is 175 Å². The van der Waals surface area contributed by atoms with E-state index in [2.05, 4.69) is 0 Å². The molecule has 0 amide bonds. The van der Waals surface area contributed by atoms with Gasteiger partial charge in [0, 0.05) is 10.8 Å². The van der Waals surface area contributed by atoms with Gasteiger partial charge in [-0.1, -0.05) is 54.5 Å². The second kappa shape index (κ2) is 5.97. The normalized spacial score (nSPS) is 21.7. The number of furan rings is 1. The molecule has 0 radical (unpaired) electrons. The van der Waals surface area contributed by atoms with Crippen molar-refractivity contribution in [1.82, 2.24) is 0 Å². The molecule has 0 unspecified atom stereocenters. The Morgan fingerprint density at radius 3 is 2.36 bits per heavy atom. The summed E-state index contributed by atoms with van der Waals surface area (Å²) in [4.78, 5) is 0. The average Bonchev–Trinajstić information content (AvgIpc) is 3.29. The number of hydrogen-bond donors (Lipinski definition) is 0. The van der Waals surface area contributed by atoms with Crippen LogP contribution >= 0.6 is 0 Å². The van der Waals surface area contributed by atoms with Gasteiger partial charge in [-0.25, -0.2) is 0 Å². The van der Waals surface area contributed by atoms with E-state index in [0.717, 1.165) is 0 Å². The quantitative estimate of drug-likeness (QED) is 0.429. The summed E-state index contributed by atoms with van der Waals surface area (Å²) >= 11 is 0. The highest BCUT2D eigenvalue weighted by Gasteiger charge is 2.51. The molecule has 3 aromatic carbocycles. The van der Waals surface area contributed by atoms with Crippen molar-refractivity contribution in [2.75, 3.05) is 0 Å². The van der Waals surface area contributed by atoms with Crippen molar-refractivity contribution < 1.29 is 23.3 Å². The first-order chi connectivity index (χ1) is 16.3. The van der Waals surface area contributed by atoms with Crippen LogP contribution in [0.25, 0.3) is 33.1 Å². The number of benzene rings is 3. The van der Waals surface area contributed by atoms with Crippen molar-refractivity contribution in [2.45, 2.75) is 38.9 Å². The predicted octanol–water partition coefficient (Wildman–Crippen LogP) is 5.55. The van der Waals surface area contributed by atoms with Crippen LogP contribution in [0.4, 0.5) is 0 Å². The maximum absolute atomic E-state index is 8.69. The molecule has 0 bridgehead atoms. The lowest BCUT2D eigenvalue weighted by Gasteiger charge is -2.32. The third-order valence-electron chi connectivity index (χ3n) is 5.65. The van der Waals surface area contributed by atoms with Gasteiger partial charge in [0.2, 0.25) is 0 Å². The van der Waals surface area contributed by atoms with Gasteiger partial charge in [-0.15, -0.1) is 0 Å². The maximum Gasteiger partial charge on any atom is 0.494 e. The maximum atomic E-state index is 8.69. The molecule has 2 heterocycles. The molecule has 1 fully saturated rings. The summed E-state index contributed by atoms with van der Waals surface area (Å²) in [6, 6.07) is 4.63. The van der Waals surface area contributed by atoms with Crippen molar-refractivity contribution in [3.63, 3.8) is 0 Å². The molecular formula is C24H23BO3. The van der Waals surface area contributed by atoms with Crippen LogP contribution < -0.4 is 5.46 Å². The van der Waals surface area contributed by atoms with Gasteiger partial charge in [0.05, 0.1) is 20.8 Å². The summed E-state index contributed by atoms with van der Waals surface area (Å²) in [5.41, 5.74) is 0.222. The Balaban J connectivity index is 1.82. The lowest BCUT2D eigenvalue weighted by molar-refractivity contribution is 0.00578. The molecule has 1 aliphatic heterocycles. The van der Waals surface area contributed by atoms with Crippen molar-refractivity contribution in [2.24, 2.45) is 0 Å². The summed E-state index contributed by atoms with van der Waals surface area (Å²) in [6.45, 7) is 7.80. The Kier molecular flexibility index (Phi) is 2.44. The first kappa shape index (κ1) is 11.4. The fraction of sp³-hybridized carbons (Fsp3) is 0.250. The first-order valence-corrected chi connectivity index (χ1v) is 9.15. The topological polar surface area (TPSA) is 31.6 Å². The molecule has 0 aliphatic carbocycles. The van der Waals surface area contributed by atoms with Gasteiger partial charge >= 0.3 is 7.12 Å². The average molecular weight is 377 g/mol. The molecule has 0 N–H and O–H groups in total. The van der Waals surface area contributed by atoms with E-state index in [1.165, 1.54) is 0 Å². The van der Waals surface area contributed by atoms with E-state index in [1.807, 2.05) is 33.8 Å². The fourth-order valence-corrected chi connectivity index (χ4v) is 3.40. The van der Waals surface area contributed by atoms with E-state index in [9.17, 15) is 0 Å². The Hall–Kier alpha value is -2.56. The van der Waals surface area contributed by atoms with Crippen LogP contribution in [0, 0.1) is 0 Å². The van der Waals surface area contributed by atoms with Gasteiger partial charge in [-0.2, -0.15) is 0 Å². The van der Waals surface area contributed by atoms with E-state index in [4.69, 9.17) is 23.3 Å². The highest BCUT2D eigenvalue weighted by atomic mass is 16.7. The second-order valence-electron chi connectivity index (χ2n) is 7.97. The Morgan fingerprint density at radius 1 is 0.857 bits per heavy atom. The number of fused-ring (bicyclic) bond motifs is 3. The van der Waals surface area contributed by atoms with Crippen molar-refractivity contribution in [1.29, 1.82) is 0 Å². The van der Waals surface area contributed by atoms with Gasteiger partial charge in [0.1, 0.15) is 11.2 Å². The van der Waals surface area contributed by atoms with Gasteiger partial charge in [0.15, 0.2) is 0 Å². The lowest BCUT2D eigenvalue weighted by atomic mass is 9.78. The lowest BCUT2D eigenvalue weighted by Crippen LogP contribution is -2.41. The van der Waals surface area contributed by atoms with Crippen LogP contribution in [0.3, 0.4) is 0 Å². The summed E-state index contributed by atoms with van der Waals surface area (Å²) in [7, 11) is -0.658. The largest absolute Gasteiger partial charge is 0.494 e. The van der Waals surface area contributed by atoms with Crippen LogP contribution in [0.5, 0.6) is 0 Å². The van der Waals surface area contributed by atoms with Gasteiger partial charge < -0.3 is 13.7 Å². The van der Waals surface area contributed by atoms with Crippen LogP contribution in [-0.2, 0) is 9.31 Å². The number of para-hydroxylation sites is 1. The standard InChI is InChI=1S/C24H23BO3/c1-23(2)24(3,4)28-25(27-23)17-10-7-9-16(15-17)18-12-8-14-21-22(18)19-11-5-6-13-20(19)26-21/h5-15H,1-4H3/i5D,6D,8D,11D,12D,13D,14D. The smallest absolute Gasteiger partial charge is 0.456 e. The summed E-state index contributed by atoms with van der Waals surface area (Å²) < 4.78 is 76.4. The van der Waals surface area contributed by atoms with Gasteiger partial charge in [-0.05, 0) is 56.4 Å². The molecule has 140 valence electrons. The van der Waals surface area contributed by atoms with Crippen molar-refractivity contribution >= 4 is 34.5 Å². The number of rotatable bonds is 2. The molecule has 5 rings (SSSR count). The first-order valence-electron chi connectivity index (χ1n) is 12.6. The highest BCUT2D eigenvalue weighted by Crippen LogP contribution is 2.38. The monoisotopic (exact) mass is 377 g/mol. The fourth-order valence-electron chi connectivity index (χ4n) is 3.40. The predicted molar refractivity (Wildman–Crippen MR) is 115 cm³/mol. The number of hydrogen-bond acceptors (Lipinski definition) is 3. The molecular weight excluding hydrogens is 347 g/mol. The van der Waals surface area contributed by atoms with E-state index < -0.39 is 30.4 Å². The van der Waals surface area contributed by atoms with Gasteiger partial charge in [0.25, 0.3) is 0 Å². The molecule has 1 aliphatic rings. The van der Waals surface area contributed by atoms with Crippen molar-refractivity contribution in [3.05, 3.63) is 66.6 Å². The van der Waals surface area contributed by atoms with E-state index >= 15 is 0 Å². The van der Waals surface area contributed by atoms with Crippen LogP contribution in [0.1, 0.15) is 37.3 Å². The van der Waals surface area contributed by atoms with Gasteiger partial charge in [-0.3, -0.25) is 0 Å². The zero-order valence-corrected chi connectivity index (χ0v) is 16.1. The minimum Gasteiger partial charge on any atom is -0.456 e. The SMILES string of the molecule is [2H]c1c([2H])c([2H])c2c(oc3c([2H])c([2H])c([2H])c(-c4cccc(B5OC(C)(C)C(C)(C)O5)c4)c32)c1[2H]. The molecule has 0 spiro atoms. The molecule has 4 heteroatoms. The Bertz CT molecular complexity index is 1530. The zero-order valence-electron chi connectivity index (χ0n) is 23.1. The summed E-state index contributed by atoms with van der Waals surface area (Å²) in [5, 5.41) is 0.299. The third-order valence-corrected chi connectivity index (χ3v) is 5.65. The second-order valence-corrected chi connectivity index (χ2v) is 7.97. The minimum absolute atomic E-state index is 0.0518. The molecule has 1 aromatic heterocycles. The summed E-state index contributed by atoms with van der Waals surface area (Å²) in [6.07, 6.45) is 0. The third kappa shape index (κ3) is 2.60. The molecule has 28 heavy (non-hydrogen) atoms. The van der Waals surface area contributed by atoms with Crippen LogP contribution in [0.2, 0.25) is 0 Å². The minimum atomic E-state index is -0.658. The molecule has 4 aromatic rings. The van der Waals surface area contributed by atoms with E-state index in [-0.39, 0.29) is 57.7 Å². The van der Waals surface area contributed by atoms with Crippen molar-refractivity contribution in [3.8, 4) is 11.1 Å². The van der Waals surface area contributed by atoms with Crippen LogP contribution in [-0.4, -0.2) is 18.3 Å². The van der Waals surface area contributed by atoms with E-state index in [0.29, 0.717) is 11.0 Å². The zero-order chi connectivity index (χ0) is 25.6. The van der Waals surface area contributed by atoms with Crippen LogP contribution in [0.15, 0.2) is 71.0 Å². The molecule has 0 atom stereocenters. The summed E-state index contributed by atoms with van der Waals surface area (Å²) in [5.74, 6) is 0. The molecule has 3 nitrogen and oxygen atoms in total.